The zero-order valence-corrected chi connectivity index (χ0v) is 12.9. The van der Waals surface area contributed by atoms with E-state index in [1.54, 1.807) is 24.3 Å². The summed E-state index contributed by atoms with van der Waals surface area (Å²) in [5.74, 6) is -0.971. The Morgan fingerprint density at radius 1 is 1.27 bits per heavy atom. The van der Waals surface area contributed by atoms with Gasteiger partial charge in [0.1, 0.15) is 5.75 Å². The van der Waals surface area contributed by atoms with Gasteiger partial charge in [-0.15, -0.1) is 0 Å². The van der Waals surface area contributed by atoms with E-state index in [0.717, 1.165) is 24.2 Å². The third kappa shape index (κ3) is 6.13. The number of hydrogen-bond acceptors (Lipinski definition) is 4. The first-order valence-corrected chi connectivity index (χ1v) is 7.36. The van der Waals surface area contributed by atoms with Crippen molar-refractivity contribution >= 4 is 11.9 Å². The predicted octanol–water partition coefficient (Wildman–Crippen LogP) is 1.36. The second-order valence-electron chi connectivity index (χ2n) is 5.15. The summed E-state index contributed by atoms with van der Waals surface area (Å²) in [6.45, 7) is 4.06. The Bertz CT molecular complexity index is 484. The summed E-state index contributed by atoms with van der Waals surface area (Å²) < 4.78 is 5.52. The molecule has 0 fully saturated rings. The molecule has 1 amide bonds. The van der Waals surface area contributed by atoms with Gasteiger partial charge in [0.15, 0.2) is 6.04 Å². The van der Waals surface area contributed by atoms with Crippen LogP contribution in [0.2, 0.25) is 0 Å². The Morgan fingerprint density at radius 3 is 2.41 bits per heavy atom. The summed E-state index contributed by atoms with van der Waals surface area (Å²) in [5, 5.41) is 20.5. The van der Waals surface area contributed by atoms with Crippen LogP contribution in [0, 0.1) is 0 Å². The fraction of sp³-hybridized carbons (Fsp3) is 0.500. The van der Waals surface area contributed by atoms with Crippen molar-refractivity contribution in [2.24, 2.45) is 0 Å². The average Bonchev–Trinajstić information content (AvgIpc) is 2.46. The lowest BCUT2D eigenvalue weighted by Gasteiger charge is -2.17. The number of nitrogens with one attached hydrogen (secondary N) is 1. The van der Waals surface area contributed by atoms with Crippen molar-refractivity contribution in [2.45, 2.75) is 45.3 Å². The molecule has 0 radical (unpaired) electrons. The second-order valence-corrected chi connectivity index (χ2v) is 5.15. The van der Waals surface area contributed by atoms with E-state index in [9.17, 15) is 14.7 Å². The first kappa shape index (κ1) is 18.0. The van der Waals surface area contributed by atoms with Gasteiger partial charge in [-0.1, -0.05) is 25.5 Å². The molecule has 0 bridgehead atoms. The quantitative estimate of drug-likeness (QED) is 0.599. The fourth-order valence-corrected chi connectivity index (χ4v) is 1.84. The minimum atomic E-state index is -1.30. The normalized spacial score (nSPS) is 13.2. The summed E-state index contributed by atoms with van der Waals surface area (Å²) in [7, 11) is 0. The van der Waals surface area contributed by atoms with Crippen molar-refractivity contribution in [3.8, 4) is 5.75 Å². The molecule has 2 atom stereocenters. The highest BCUT2D eigenvalue weighted by Gasteiger charge is 2.24. The third-order valence-electron chi connectivity index (χ3n) is 3.12. The summed E-state index contributed by atoms with van der Waals surface area (Å²) in [5.41, 5.74) is 0.745. The Kier molecular flexibility index (Phi) is 7.39. The molecule has 1 aromatic carbocycles. The zero-order valence-electron chi connectivity index (χ0n) is 12.9. The maximum absolute atomic E-state index is 11.8. The van der Waals surface area contributed by atoms with Gasteiger partial charge < -0.3 is 20.3 Å². The molecule has 0 aliphatic heterocycles. The van der Waals surface area contributed by atoms with Gasteiger partial charge in [-0.2, -0.15) is 0 Å². The van der Waals surface area contributed by atoms with Crippen molar-refractivity contribution in [1.29, 1.82) is 0 Å². The first-order valence-electron chi connectivity index (χ1n) is 7.36. The van der Waals surface area contributed by atoms with Crippen molar-refractivity contribution < 1.29 is 24.5 Å². The first-order chi connectivity index (χ1) is 10.4. The van der Waals surface area contributed by atoms with Crippen molar-refractivity contribution in [1.82, 2.24) is 5.32 Å². The summed E-state index contributed by atoms with van der Waals surface area (Å²) in [6.07, 6.45) is 0.939. The number of aliphatic hydroxyl groups is 1. The number of carboxylic acids is 1. The predicted molar refractivity (Wildman–Crippen MR) is 81.8 cm³/mol. The number of unbranched alkanes of at least 4 members (excludes halogenated alkanes) is 1. The maximum atomic E-state index is 11.8. The molecule has 0 heterocycles. The highest BCUT2D eigenvalue weighted by Crippen LogP contribution is 2.13. The molecule has 1 aromatic rings. The zero-order chi connectivity index (χ0) is 16.5. The molecule has 0 aliphatic rings. The number of rotatable bonds is 9. The van der Waals surface area contributed by atoms with Gasteiger partial charge in [0, 0.05) is 0 Å². The van der Waals surface area contributed by atoms with Crippen LogP contribution in [0.5, 0.6) is 5.75 Å². The topological polar surface area (TPSA) is 95.9 Å². The SMILES string of the molecule is CCCCOc1ccc(CC(=O)N[C@@H](C(=O)O)[C@@H](C)O)cc1. The minimum absolute atomic E-state index is 0.0474. The molecule has 0 aromatic heterocycles. The number of aliphatic hydroxyl groups excluding tert-OH is 1. The minimum Gasteiger partial charge on any atom is -0.494 e. The van der Waals surface area contributed by atoms with E-state index >= 15 is 0 Å². The van der Waals surface area contributed by atoms with Crippen LogP contribution < -0.4 is 10.1 Å². The Hall–Kier alpha value is -2.08. The standard InChI is InChI=1S/C16H23NO5/c1-3-4-9-22-13-7-5-12(6-8-13)10-14(19)17-15(11(2)18)16(20)21/h5-8,11,15,18H,3-4,9-10H2,1-2H3,(H,17,19)(H,20,21)/t11-,15-/m1/s1. The van der Waals surface area contributed by atoms with Crippen LogP contribution in [0.1, 0.15) is 32.3 Å². The van der Waals surface area contributed by atoms with Gasteiger partial charge in [-0.05, 0) is 31.0 Å². The van der Waals surface area contributed by atoms with Crippen LogP contribution in [0.15, 0.2) is 24.3 Å². The lowest BCUT2D eigenvalue weighted by atomic mass is 10.1. The maximum Gasteiger partial charge on any atom is 0.328 e. The number of benzene rings is 1. The highest BCUT2D eigenvalue weighted by molar-refractivity contribution is 5.85. The van der Waals surface area contributed by atoms with E-state index in [-0.39, 0.29) is 6.42 Å². The Balaban J connectivity index is 2.52. The lowest BCUT2D eigenvalue weighted by molar-refractivity contribution is -0.144. The van der Waals surface area contributed by atoms with Gasteiger partial charge in [-0.3, -0.25) is 4.79 Å². The van der Waals surface area contributed by atoms with E-state index in [1.165, 1.54) is 6.92 Å². The van der Waals surface area contributed by atoms with Gasteiger partial charge in [0.05, 0.1) is 19.1 Å². The van der Waals surface area contributed by atoms with Crippen LogP contribution in [0.3, 0.4) is 0 Å². The van der Waals surface area contributed by atoms with Gasteiger partial charge >= 0.3 is 5.97 Å². The van der Waals surface area contributed by atoms with Gasteiger partial charge in [-0.25, -0.2) is 4.79 Å². The molecule has 0 aliphatic carbocycles. The van der Waals surface area contributed by atoms with Crippen LogP contribution >= 0.6 is 0 Å². The van der Waals surface area contributed by atoms with Crippen molar-refractivity contribution in [3.05, 3.63) is 29.8 Å². The number of hydrogen-bond donors (Lipinski definition) is 3. The number of amides is 1. The number of carbonyl (C=O) groups excluding carboxylic acids is 1. The van der Waals surface area contributed by atoms with E-state index < -0.39 is 24.0 Å². The van der Waals surface area contributed by atoms with Crippen LogP contribution in [-0.2, 0) is 16.0 Å². The molecule has 0 spiro atoms. The summed E-state index contributed by atoms with van der Waals surface area (Å²) in [4.78, 5) is 22.7. The molecule has 122 valence electrons. The molecular formula is C16H23NO5. The second kappa shape index (κ2) is 9.04. The molecular weight excluding hydrogens is 286 g/mol. The van der Waals surface area contributed by atoms with E-state index in [2.05, 4.69) is 12.2 Å². The van der Waals surface area contributed by atoms with Crippen molar-refractivity contribution in [3.63, 3.8) is 0 Å². The fourth-order valence-electron chi connectivity index (χ4n) is 1.84. The summed E-state index contributed by atoms with van der Waals surface area (Å²) in [6, 6.07) is 5.78. The molecule has 6 heteroatoms. The molecule has 3 N–H and O–H groups in total. The van der Waals surface area contributed by atoms with E-state index in [1.807, 2.05) is 0 Å². The Morgan fingerprint density at radius 2 is 1.91 bits per heavy atom. The smallest absolute Gasteiger partial charge is 0.328 e. The summed E-state index contributed by atoms with van der Waals surface area (Å²) >= 11 is 0. The number of carboxylic acid groups (broad SMARTS) is 1. The van der Waals surface area contributed by atoms with Crippen molar-refractivity contribution in [2.75, 3.05) is 6.61 Å². The van der Waals surface area contributed by atoms with Crippen LogP contribution in [0.25, 0.3) is 0 Å². The van der Waals surface area contributed by atoms with Crippen LogP contribution in [0.4, 0.5) is 0 Å². The monoisotopic (exact) mass is 309 g/mol. The number of ether oxygens (including phenoxy) is 1. The number of aliphatic carboxylic acids is 1. The largest absolute Gasteiger partial charge is 0.494 e. The average molecular weight is 309 g/mol. The third-order valence-corrected chi connectivity index (χ3v) is 3.12. The molecule has 0 saturated heterocycles. The Labute approximate surface area is 130 Å². The number of carbonyl (C=O) groups is 2. The molecule has 1 rings (SSSR count). The van der Waals surface area contributed by atoms with Crippen LogP contribution in [-0.4, -0.2) is 40.8 Å². The lowest BCUT2D eigenvalue weighted by Crippen LogP contribution is -2.48. The van der Waals surface area contributed by atoms with Gasteiger partial charge in [0.2, 0.25) is 5.91 Å². The highest BCUT2D eigenvalue weighted by atomic mass is 16.5. The van der Waals surface area contributed by atoms with E-state index in [4.69, 9.17) is 9.84 Å². The van der Waals surface area contributed by atoms with Gasteiger partial charge in [0.25, 0.3) is 0 Å². The molecule has 0 unspecified atom stereocenters. The van der Waals surface area contributed by atoms with E-state index in [0.29, 0.717) is 6.61 Å². The molecule has 0 saturated carbocycles. The molecule has 6 nitrogen and oxygen atoms in total. The molecule has 22 heavy (non-hydrogen) atoms.